The molecule has 20 heavy (non-hydrogen) atoms. The van der Waals surface area contributed by atoms with Gasteiger partial charge in [-0.15, -0.1) is 0 Å². The van der Waals surface area contributed by atoms with Crippen molar-refractivity contribution in [2.45, 2.75) is 12.3 Å². The molecule has 2 rings (SSSR count). The second-order valence-corrected chi connectivity index (χ2v) is 5.85. The van der Waals surface area contributed by atoms with E-state index in [1.807, 2.05) is 0 Å². The maximum absolute atomic E-state index is 11.9. The molecule has 106 valence electrons. The fourth-order valence-electron chi connectivity index (χ4n) is 1.66. The Balaban J connectivity index is 2.10. The van der Waals surface area contributed by atoms with Crippen LogP contribution in [0.25, 0.3) is 0 Å². The van der Waals surface area contributed by atoms with E-state index in [1.54, 1.807) is 18.2 Å². The first-order valence-electron chi connectivity index (χ1n) is 5.70. The number of nitrogens with zero attached hydrogens (tertiary/aromatic N) is 1. The Hall–Kier alpha value is -2.19. The highest BCUT2D eigenvalue weighted by Gasteiger charge is 2.19. The summed E-state index contributed by atoms with van der Waals surface area (Å²) in [4.78, 5) is 10.2. The van der Waals surface area contributed by atoms with Crippen LogP contribution in [0.15, 0.2) is 47.1 Å². The molecule has 8 heteroatoms. The summed E-state index contributed by atoms with van der Waals surface area (Å²) in [7, 11) is -3.68. The second-order valence-electron chi connectivity index (χ2n) is 4.05. The molecule has 1 N–H and O–H groups in total. The van der Waals surface area contributed by atoms with E-state index in [1.165, 1.54) is 24.5 Å². The number of nitro groups is 1. The predicted octanol–water partition coefficient (Wildman–Crippen LogP) is 1.81. The summed E-state index contributed by atoms with van der Waals surface area (Å²) < 4.78 is 31.1. The summed E-state index contributed by atoms with van der Waals surface area (Å²) in [6.45, 7) is 0.00989. The molecule has 1 aromatic heterocycles. The van der Waals surface area contributed by atoms with Crippen molar-refractivity contribution >= 4 is 15.7 Å². The van der Waals surface area contributed by atoms with Crippen LogP contribution < -0.4 is 4.72 Å². The van der Waals surface area contributed by atoms with Crippen LogP contribution in [-0.2, 0) is 22.3 Å². The maximum Gasteiger partial charge on any atom is 0.273 e. The van der Waals surface area contributed by atoms with Crippen molar-refractivity contribution in [3.8, 4) is 0 Å². The largest absolute Gasteiger partial charge is 0.468 e. The summed E-state index contributed by atoms with van der Waals surface area (Å²) in [5.74, 6) is 0.0151. The molecule has 1 heterocycles. The van der Waals surface area contributed by atoms with Gasteiger partial charge in [0.2, 0.25) is 10.0 Å². The van der Waals surface area contributed by atoms with Crippen LogP contribution in [0.5, 0.6) is 0 Å². The van der Waals surface area contributed by atoms with E-state index < -0.39 is 20.7 Å². The zero-order valence-electron chi connectivity index (χ0n) is 10.4. The Kier molecular flexibility index (Phi) is 4.16. The molecule has 7 nitrogen and oxygen atoms in total. The van der Waals surface area contributed by atoms with Crippen LogP contribution in [0.4, 0.5) is 5.69 Å². The molecule has 0 radical (unpaired) electrons. The van der Waals surface area contributed by atoms with Gasteiger partial charge in [-0.1, -0.05) is 18.2 Å². The zero-order valence-corrected chi connectivity index (χ0v) is 11.2. The van der Waals surface area contributed by atoms with E-state index in [9.17, 15) is 18.5 Å². The van der Waals surface area contributed by atoms with Crippen molar-refractivity contribution in [3.63, 3.8) is 0 Å². The van der Waals surface area contributed by atoms with Gasteiger partial charge in [-0.25, -0.2) is 13.1 Å². The monoisotopic (exact) mass is 296 g/mol. The van der Waals surface area contributed by atoms with Gasteiger partial charge in [0.15, 0.2) is 0 Å². The molecule has 0 atom stereocenters. The fraction of sp³-hybridized carbons (Fsp3) is 0.167. The van der Waals surface area contributed by atoms with Gasteiger partial charge in [-0.2, -0.15) is 0 Å². The molecule has 0 saturated carbocycles. The number of sulfonamides is 1. The van der Waals surface area contributed by atoms with Crippen LogP contribution >= 0.6 is 0 Å². The highest BCUT2D eigenvalue weighted by Crippen LogP contribution is 2.19. The van der Waals surface area contributed by atoms with Gasteiger partial charge < -0.3 is 4.42 Å². The number of benzene rings is 1. The van der Waals surface area contributed by atoms with Gasteiger partial charge in [0.05, 0.1) is 23.5 Å². The Labute approximate surface area is 115 Å². The van der Waals surface area contributed by atoms with Crippen LogP contribution in [-0.4, -0.2) is 13.3 Å². The Morgan fingerprint density at radius 3 is 2.60 bits per heavy atom. The third-order valence-corrected chi connectivity index (χ3v) is 3.86. The molecule has 0 aliphatic heterocycles. The average molecular weight is 296 g/mol. The van der Waals surface area contributed by atoms with E-state index in [0.29, 0.717) is 5.76 Å². The number of nitro benzene ring substituents is 1. The van der Waals surface area contributed by atoms with Crippen LogP contribution in [0.1, 0.15) is 11.3 Å². The Bertz CT molecular complexity index is 694. The molecule has 0 fully saturated rings. The minimum atomic E-state index is -3.68. The smallest absolute Gasteiger partial charge is 0.273 e. The van der Waals surface area contributed by atoms with Crippen molar-refractivity contribution in [2.24, 2.45) is 0 Å². The lowest BCUT2D eigenvalue weighted by molar-refractivity contribution is -0.385. The van der Waals surface area contributed by atoms with Crippen molar-refractivity contribution in [2.75, 3.05) is 0 Å². The number of furan rings is 1. The van der Waals surface area contributed by atoms with Crippen LogP contribution in [0.2, 0.25) is 0 Å². The first kappa shape index (κ1) is 14.2. The summed E-state index contributed by atoms with van der Waals surface area (Å²) in [5.41, 5.74) is -0.0691. The predicted molar refractivity (Wildman–Crippen MR) is 71.3 cm³/mol. The standard InChI is InChI=1S/C12H12N2O5S/c15-14(16)12-6-2-1-4-10(12)9-20(17,18)13-8-11-5-3-7-19-11/h1-7,13H,8-9H2. The van der Waals surface area contributed by atoms with Crippen molar-refractivity contribution < 1.29 is 17.8 Å². The van der Waals surface area contributed by atoms with E-state index in [-0.39, 0.29) is 17.8 Å². The molecule has 0 saturated heterocycles. The minimum absolute atomic E-state index is 0.00989. The Morgan fingerprint density at radius 1 is 1.20 bits per heavy atom. The third kappa shape index (κ3) is 3.65. The summed E-state index contributed by atoms with van der Waals surface area (Å²) in [6, 6.07) is 9.02. The van der Waals surface area contributed by atoms with Gasteiger partial charge in [0.25, 0.3) is 5.69 Å². The summed E-state index contributed by atoms with van der Waals surface area (Å²) >= 11 is 0. The molecular weight excluding hydrogens is 284 g/mol. The molecule has 0 bridgehead atoms. The van der Waals surface area contributed by atoms with Crippen molar-refractivity contribution in [1.29, 1.82) is 0 Å². The minimum Gasteiger partial charge on any atom is -0.468 e. The molecule has 0 aliphatic carbocycles. The number of hydrogen-bond acceptors (Lipinski definition) is 5. The van der Waals surface area contributed by atoms with Gasteiger partial charge in [-0.3, -0.25) is 10.1 Å². The van der Waals surface area contributed by atoms with E-state index in [2.05, 4.69) is 4.72 Å². The molecule has 2 aromatic rings. The molecule has 0 aliphatic rings. The number of hydrogen-bond donors (Lipinski definition) is 1. The highest BCUT2D eigenvalue weighted by molar-refractivity contribution is 7.88. The molecule has 0 spiro atoms. The van der Waals surface area contributed by atoms with Crippen LogP contribution in [0, 0.1) is 10.1 Å². The lowest BCUT2D eigenvalue weighted by Gasteiger charge is -2.06. The third-order valence-electron chi connectivity index (χ3n) is 2.58. The first-order valence-corrected chi connectivity index (χ1v) is 7.35. The van der Waals surface area contributed by atoms with Gasteiger partial charge in [0.1, 0.15) is 5.76 Å². The van der Waals surface area contributed by atoms with Crippen molar-refractivity contribution in [3.05, 3.63) is 64.1 Å². The zero-order chi connectivity index (χ0) is 14.6. The molecule has 0 amide bonds. The Morgan fingerprint density at radius 2 is 1.95 bits per heavy atom. The molecule has 1 aromatic carbocycles. The quantitative estimate of drug-likeness (QED) is 0.647. The normalized spacial score (nSPS) is 11.4. The van der Waals surface area contributed by atoms with E-state index in [0.717, 1.165) is 0 Å². The van der Waals surface area contributed by atoms with Gasteiger partial charge in [-0.05, 0) is 12.1 Å². The maximum atomic E-state index is 11.9. The first-order chi connectivity index (χ1) is 9.48. The van der Waals surface area contributed by atoms with E-state index >= 15 is 0 Å². The second kappa shape index (κ2) is 5.85. The SMILES string of the molecule is O=[N+]([O-])c1ccccc1CS(=O)(=O)NCc1ccco1. The highest BCUT2D eigenvalue weighted by atomic mass is 32.2. The number of rotatable bonds is 6. The van der Waals surface area contributed by atoms with Crippen molar-refractivity contribution in [1.82, 2.24) is 4.72 Å². The van der Waals surface area contributed by atoms with E-state index in [4.69, 9.17) is 4.42 Å². The van der Waals surface area contributed by atoms with Gasteiger partial charge in [0, 0.05) is 11.6 Å². The summed E-state index contributed by atoms with van der Waals surface area (Å²) in [5, 5.41) is 10.8. The topological polar surface area (TPSA) is 102 Å². The summed E-state index contributed by atoms with van der Waals surface area (Å²) in [6.07, 6.45) is 1.44. The lowest BCUT2D eigenvalue weighted by atomic mass is 10.2. The number of nitrogens with one attached hydrogen (secondary N) is 1. The number of para-hydroxylation sites is 1. The molecule has 0 unspecified atom stereocenters. The fourth-order valence-corrected chi connectivity index (χ4v) is 2.78. The average Bonchev–Trinajstić information content (AvgIpc) is 2.89. The molecular formula is C12H12N2O5S. The van der Waals surface area contributed by atoms with Gasteiger partial charge >= 0.3 is 0 Å². The lowest BCUT2D eigenvalue weighted by Crippen LogP contribution is -2.24. The van der Waals surface area contributed by atoms with Crippen LogP contribution in [0.3, 0.4) is 0 Å².